The third-order valence-corrected chi connectivity index (χ3v) is 11.1. The van der Waals surface area contributed by atoms with E-state index in [0.717, 1.165) is 16.7 Å². The fourth-order valence-corrected chi connectivity index (χ4v) is 8.58. The number of hydrogen-bond acceptors (Lipinski definition) is 8. The predicted octanol–water partition coefficient (Wildman–Crippen LogP) is 4.81. The topological polar surface area (TPSA) is 105 Å². The van der Waals surface area contributed by atoms with Gasteiger partial charge in [-0.3, -0.25) is 19.2 Å². The highest BCUT2D eigenvalue weighted by atomic mass is 28.3. The van der Waals surface area contributed by atoms with Gasteiger partial charge in [0.05, 0.1) is 26.4 Å². The minimum atomic E-state index is -2.22. The van der Waals surface area contributed by atoms with Crippen LogP contribution in [0.2, 0.25) is 13.1 Å². The first-order valence-corrected chi connectivity index (χ1v) is 17.7. The van der Waals surface area contributed by atoms with Gasteiger partial charge in [0.1, 0.15) is 8.07 Å². The highest BCUT2D eigenvalue weighted by Gasteiger charge is 2.59. The number of benzene rings is 1. The Kier molecular flexibility index (Phi) is 10.4. The smallest absolute Gasteiger partial charge is 0.324 e. The molecule has 0 amide bonds. The number of rotatable bonds is 10. The summed E-state index contributed by atoms with van der Waals surface area (Å²) in [5, 5.41) is 1.20. The monoisotopic (exact) mass is 584 g/mol. The van der Waals surface area contributed by atoms with Crippen molar-refractivity contribution in [1.29, 1.82) is 0 Å². The second-order valence-corrected chi connectivity index (χ2v) is 15.8. The predicted molar refractivity (Wildman–Crippen MR) is 158 cm³/mol. The van der Waals surface area contributed by atoms with E-state index >= 15 is 0 Å². The van der Waals surface area contributed by atoms with Crippen molar-refractivity contribution in [2.24, 2.45) is 16.7 Å². The van der Waals surface area contributed by atoms with E-state index in [4.69, 9.17) is 18.9 Å². The maximum atomic E-state index is 13.5. The highest BCUT2D eigenvalue weighted by Crippen LogP contribution is 2.55. The number of carbonyl (C=O) groups is 4. The van der Waals surface area contributed by atoms with Crippen molar-refractivity contribution in [1.82, 2.24) is 0 Å². The van der Waals surface area contributed by atoms with Gasteiger partial charge in [-0.15, -0.1) is 0 Å². The average Bonchev–Trinajstić information content (AvgIpc) is 3.49. The lowest BCUT2D eigenvalue weighted by Gasteiger charge is -2.24. The fraction of sp³-hybridized carbons (Fsp3) is 0.562. The van der Waals surface area contributed by atoms with Gasteiger partial charge in [0, 0.05) is 0 Å². The molecule has 0 aliphatic heterocycles. The zero-order valence-electron chi connectivity index (χ0n) is 25.5. The molecule has 41 heavy (non-hydrogen) atoms. The number of carbonyl (C=O) groups excluding carboxylic acids is 4. The molecule has 0 radical (unpaired) electrons. The molecular weight excluding hydrogens is 540 g/mol. The minimum absolute atomic E-state index is 0.0805. The van der Waals surface area contributed by atoms with Gasteiger partial charge in [-0.25, -0.2) is 0 Å². The first-order chi connectivity index (χ1) is 19.4. The molecule has 2 saturated carbocycles. The van der Waals surface area contributed by atoms with Gasteiger partial charge in [0.2, 0.25) is 0 Å². The summed E-state index contributed by atoms with van der Waals surface area (Å²) in [6.07, 6.45) is 0.540. The summed E-state index contributed by atoms with van der Waals surface area (Å²) < 4.78 is 21.7. The van der Waals surface area contributed by atoms with Gasteiger partial charge >= 0.3 is 23.9 Å². The lowest BCUT2D eigenvalue weighted by Crippen LogP contribution is -2.41. The standard InChI is InChI=1S/C32H44O8Si/c1-8-37-27(33)31(28(34)38-9-2)17-22(5)25(19-31)26-20-32(29(35)39-10-3,30(36)40-11-4)18-23(26)21-41(6,7)24-15-13-12-14-16-24/h12-16,21-22H,8-11,17-20H2,1-7H3/b23-21+,26-25+. The number of allylic oxidation sites excluding steroid dienone is 3. The van der Waals surface area contributed by atoms with E-state index in [9.17, 15) is 19.2 Å². The van der Waals surface area contributed by atoms with Gasteiger partial charge in [-0.05, 0) is 64.9 Å². The Balaban J connectivity index is 2.26. The van der Waals surface area contributed by atoms with E-state index in [1.807, 2.05) is 25.1 Å². The summed E-state index contributed by atoms with van der Waals surface area (Å²) in [5.74, 6) is -2.64. The molecule has 0 bridgehead atoms. The molecule has 224 valence electrons. The summed E-state index contributed by atoms with van der Waals surface area (Å²) in [6.45, 7) is 13.7. The molecule has 1 aromatic rings. The molecule has 0 spiro atoms. The zero-order chi connectivity index (χ0) is 30.4. The van der Waals surface area contributed by atoms with Gasteiger partial charge in [-0.1, -0.05) is 72.4 Å². The van der Waals surface area contributed by atoms with Crippen molar-refractivity contribution in [2.75, 3.05) is 26.4 Å². The van der Waals surface area contributed by atoms with Gasteiger partial charge in [0.15, 0.2) is 10.8 Å². The molecular formula is C32H44O8Si. The van der Waals surface area contributed by atoms with Crippen molar-refractivity contribution in [3.63, 3.8) is 0 Å². The Morgan fingerprint density at radius 1 is 0.756 bits per heavy atom. The van der Waals surface area contributed by atoms with Crippen molar-refractivity contribution in [3.8, 4) is 0 Å². The Bertz CT molecular complexity index is 1180. The van der Waals surface area contributed by atoms with Crippen LogP contribution in [-0.4, -0.2) is 58.4 Å². The van der Waals surface area contributed by atoms with Crippen LogP contribution in [0, 0.1) is 16.7 Å². The second kappa shape index (κ2) is 13.2. The van der Waals surface area contributed by atoms with Crippen molar-refractivity contribution in [3.05, 3.63) is 52.8 Å². The van der Waals surface area contributed by atoms with E-state index in [1.165, 1.54) is 5.19 Å². The Morgan fingerprint density at radius 3 is 1.68 bits per heavy atom. The first-order valence-electron chi connectivity index (χ1n) is 14.6. The molecule has 9 heteroatoms. The van der Waals surface area contributed by atoms with Crippen LogP contribution < -0.4 is 5.19 Å². The summed E-state index contributed by atoms with van der Waals surface area (Å²) in [4.78, 5) is 53.6. The van der Waals surface area contributed by atoms with Crippen molar-refractivity contribution in [2.45, 2.75) is 73.4 Å². The van der Waals surface area contributed by atoms with Gasteiger partial charge in [-0.2, -0.15) is 0 Å². The van der Waals surface area contributed by atoms with Gasteiger partial charge < -0.3 is 18.9 Å². The fourth-order valence-electron chi connectivity index (χ4n) is 6.22. The summed E-state index contributed by atoms with van der Waals surface area (Å²) in [5.41, 5.74) is 1.77. The molecule has 0 saturated heterocycles. The Hall–Kier alpha value is -3.20. The zero-order valence-corrected chi connectivity index (χ0v) is 26.5. The van der Waals surface area contributed by atoms with Crippen LogP contribution in [-0.2, 0) is 38.1 Å². The molecule has 1 aromatic carbocycles. The van der Waals surface area contributed by atoms with Crippen LogP contribution in [0.25, 0.3) is 0 Å². The number of hydrogen-bond donors (Lipinski definition) is 0. The maximum absolute atomic E-state index is 13.5. The summed E-state index contributed by atoms with van der Waals surface area (Å²) >= 11 is 0. The molecule has 0 aromatic heterocycles. The summed E-state index contributed by atoms with van der Waals surface area (Å²) in [6, 6.07) is 10.2. The lowest BCUT2D eigenvalue weighted by molar-refractivity contribution is -0.173. The third-order valence-electron chi connectivity index (χ3n) is 8.21. The van der Waals surface area contributed by atoms with E-state index < -0.39 is 42.8 Å². The van der Waals surface area contributed by atoms with Crippen molar-refractivity contribution >= 4 is 37.1 Å². The minimum Gasteiger partial charge on any atom is -0.465 e. The molecule has 0 heterocycles. The van der Waals surface area contributed by atoms with Crippen LogP contribution in [0.3, 0.4) is 0 Å². The molecule has 2 aliphatic carbocycles. The Morgan fingerprint density at radius 2 is 1.22 bits per heavy atom. The molecule has 1 unspecified atom stereocenters. The Labute approximate surface area is 244 Å². The van der Waals surface area contributed by atoms with Crippen LogP contribution in [0.5, 0.6) is 0 Å². The highest BCUT2D eigenvalue weighted by molar-refractivity contribution is 6.94. The number of esters is 4. The normalized spacial score (nSPS) is 22.3. The van der Waals surface area contributed by atoms with Crippen LogP contribution in [0.1, 0.15) is 60.3 Å². The molecule has 1 atom stereocenters. The van der Waals surface area contributed by atoms with Crippen LogP contribution in [0.4, 0.5) is 0 Å². The molecule has 0 N–H and O–H groups in total. The SMILES string of the molecule is CCOC(=O)C1(C(=O)OCC)CC(=C\[Si](C)(C)c2ccccc2)/C(=C2\CC(C(=O)OCC)(C(=O)OCC)CC2C)C1. The van der Waals surface area contributed by atoms with Crippen LogP contribution in [0.15, 0.2) is 52.8 Å². The average molecular weight is 585 g/mol. The van der Waals surface area contributed by atoms with E-state index in [0.29, 0.717) is 0 Å². The van der Waals surface area contributed by atoms with E-state index in [-0.39, 0.29) is 58.0 Å². The molecule has 8 nitrogen and oxygen atoms in total. The second-order valence-electron chi connectivity index (χ2n) is 11.4. The molecule has 2 aliphatic rings. The number of ether oxygens (including phenoxy) is 4. The summed E-state index contributed by atoms with van der Waals surface area (Å²) in [7, 11) is -2.22. The van der Waals surface area contributed by atoms with Crippen LogP contribution >= 0.6 is 0 Å². The molecule has 3 rings (SSSR count). The van der Waals surface area contributed by atoms with Crippen molar-refractivity contribution < 1.29 is 38.1 Å². The molecule has 2 fully saturated rings. The lowest BCUT2D eigenvalue weighted by atomic mass is 9.84. The largest absolute Gasteiger partial charge is 0.465 e. The van der Waals surface area contributed by atoms with Gasteiger partial charge in [0.25, 0.3) is 0 Å². The third kappa shape index (κ3) is 6.35. The van der Waals surface area contributed by atoms with E-state index in [2.05, 4.69) is 30.9 Å². The maximum Gasteiger partial charge on any atom is 0.324 e. The van der Waals surface area contributed by atoms with E-state index in [1.54, 1.807) is 27.7 Å². The first kappa shape index (κ1) is 32.3. The quantitative estimate of drug-likeness (QED) is 0.167.